The van der Waals surface area contributed by atoms with E-state index in [1.165, 1.54) is 5.56 Å². The first-order valence-corrected chi connectivity index (χ1v) is 6.28. The highest BCUT2D eigenvalue weighted by atomic mass is 15.3. The lowest BCUT2D eigenvalue weighted by molar-refractivity contribution is 0.867. The van der Waals surface area contributed by atoms with Crippen molar-refractivity contribution in [2.75, 3.05) is 10.7 Å². The second kappa shape index (κ2) is 5.67. The van der Waals surface area contributed by atoms with Crippen LogP contribution in [0.25, 0.3) is 0 Å². The highest BCUT2D eigenvalue weighted by Crippen LogP contribution is 2.21. The molecule has 0 saturated heterocycles. The van der Waals surface area contributed by atoms with Crippen LogP contribution < -0.4 is 16.6 Å². The molecule has 19 heavy (non-hydrogen) atoms. The van der Waals surface area contributed by atoms with E-state index < -0.39 is 0 Å². The number of rotatable bonds is 4. The van der Waals surface area contributed by atoms with Crippen LogP contribution in [-0.2, 0) is 0 Å². The summed E-state index contributed by atoms with van der Waals surface area (Å²) in [5.41, 5.74) is 5.61. The van der Waals surface area contributed by atoms with Gasteiger partial charge in [0.05, 0.1) is 0 Å². The summed E-state index contributed by atoms with van der Waals surface area (Å²) >= 11 is 0. The van der Waals surface area contributed by atoms with Gasteiger partial charge in [0.15, 0.2) is 0 Å². The average molecular weight is 257 g/mol. The summed E-state index contributed by atoms with van der Waals surface area (Å²) < 4.78 is 0. The molecule has 2 rings (SSSR count). The van der Waals surface area contributed by atoms with Gasteiger partial charge in [-0.2, -0.15) is 4.98 Å². The molecule has 0 unspecified atom stereocenters. The Balaban J connectivity index is 2.25. The maximum Gasteiger partial charge on any atom is 0.239 e. The molecule has 0 aliphatic heterocycles. The summed E-state index contributed by atoms with van der Waals surface area (Å²) in [5, 5.41) is 3.27. The molecule has 0 atom stereocenters. The van der Waals surface area contributed by atoms with Crippen molar-refractivity contribution in [3.05, 3.63) is 41.6 Å². The normalized spacial score (nSPS) is 10.6. The van der Waals surface area contributed by atoms with Gasteiger partial charge < -0.3 is 5.32 Å². The molecular weight excluding hydrogens is 238 g/mol. The topological polar surface area (TPSA) is 75.9 Å². The SMILES string of the molecule is Cc1cc(Nc2cccc(C(C)C)c2)nc(NN)n1. The van der Waals surface area contributed by atoms with Gasteiger partial charge in [-0.05, 0) is 30.5 Å². The number of hydrogen-bond donors (Lipinski definition) is 3. The van der Waals surface area contributed by atoms with Crippen LogP contribution >= 0.6 is 0 Å². The van der Waals surface area contributed by atoms with Gasteiger partial charge in [-0.15, -0.1) is 0 Å². The van der Waals surface area contributed by atoms with Crippen molar-refractivity contribution < 1.29 is 0 Å². The molecule has 0 amide bonds. The molecular formula is C14H19N5. The standard InChI is InChI=1S/C14H19N5/c1-9(2)11-5-4-6-12(8-11)17-13-7-10(3)16-14(18-13)19-15/h4-9H,15H2,1-3H3,(H2,16,17,18,19). The zero-order valence-electron chi connectivity index (χ0n) is 11.4. The number of hydrazine groups is 1. The van der Waals surface area contributed by atoms with Crippen LogP contribution in [0.5, 0.6) is 0 Å². The van der Waals surface area contributed by atoms with Gasteiger partial charge in [0.1, 0.15) is 5.82 Å². The van der Waals surface area contributed by atoms with Crippen molar-refractivity contribution in [1.82, 2.24) is 9.97 Å². The molecule has 0 bridgehead atoms. The van der Waals surface area contributed by atoms with Gasteiger partial charge in [0.25, 0.3) is 0 Å². The number of aryl methyl sites for hydroxylation is 1. The Labute approximate surface area is 113 Å². The maximum absolute atomic E-state index is 5.34. The van der Waals surface area contributed by atoms with E-state index in [1.807, 2.05) is 25.1 Å². The Kier molecular flexibility index (Phi) is 3.97. The molecule has 1 aromatic heterocycles. The minimum absolute atomic E-state index is 0.405. The number of nitrogens with zero attached hydrogens (tertiary/aromatic N) is 2. The molecule has 0 aliphatic carbocycles. The Bertz CT molecular complexity index is 566. The molecule has 1 aromatic carbocycles. The van der Waals surface area contributed by atoms with Gasteiger partial charge in [-0.3, -0.25) is 5.43 Å². The Hall–Kier alpha value is -2.14. The lowest BCUT2D eigenvalue weighted by atomic mass is 10.0. The molecule has 2 aromatic rings. The predicted molar refractivity (Wildman–Crippen MR) is 78.4 cm³/mol. The van der Waals surface area contributed by atoms with Crippen molar-refractivity contribution in [1.29, 1.82) is 0 Å². The molecule has 0 spiro atoms. The summed E-state index contributed by atoms with van der Waals surface area (Å²) in [5.74, 6) is 6.97. The molecule has 0 saturated carbocycles. The van der Waals surface area contributed by atoms with Crippen molar-refractivity contribution in [2.24, 2.45) is 5.84 Å². The molecule has 1 heterocycles. The number of hydrogen-bond acceptors (Lipinski definition) is 5. The fourth-order valence-electron chi connectivity index (χ4n) is 1.82. The zero-order valence-corrected chi connectivity index (χ0v) is 11.4. The van der Waals surface area contributed by atoms with E-state index in [-0.39, 0.29) is 0 Å². The van der Waals surface area contributed by atoms with E-state index >= 15 is 0 Å². The number of nitrogens with two attached hydrogens (primary N) is 1. The molecule has 5 heteroatoms. The van der Waals surface area contributed by atoms with E-state index in [0.29, 0.717) is 11.9 Å². The Morgan fingerprint density at radius 3 is 2.63 bits per heavy atom. The fraction of sp³-hybridized carbons (Fsp3) is 0.286. The van der Waals surface area contributed by atoms with Gasteiger partial charge in [-0.1, -0.05) is 26.0 Å². The second-order valence-corrected chi connectivity index (χ2v) is 4.77. The first-order chi connectivity index (χ1) is 9.08. The zero-order chi connectivity index (χ0) is 13.8. The van der Waals surface area contributed by atoms with Gasteiger partial charge >= 0.3 is 0 Å². The number of nitrogen functional groups attached to an aromatic ring is 1. The average Bonchev–Trinajstić information content (AvgIpc) is 2.38. The number of nitrogens with one attached hydrogen (secondary N) is 2. The van der Waals surface area contributed by atoms with Crippen molar-refractivity contribution in [3.8, 4) is 0 Å². The minimum atomic E-state index is 0.405. The van der Waals surface area contributed by atoms with E-state index in [4.69, 9.17) is 5.84 Å². The van der Waals surface area contributed by atoms with E-state index in [9.17, 15) is 0 Å². The molecule has 4 N–H and O–H groups in total. The van der Waals surface area contributed by atoms with Gasteiger partial charge in [0, 0.05) is 17.4 Å². The van der Waals surface area contributed by atoms with E-state index in [2.05, 4.69) is 46.7 Å². The quantitative estimate of drug-likeness (QED) is 0.580. The fourth-order valence-corrected chi connectivity index (χ4v) is 1.82. The first kappa shape index (κ1) is 13.3. The largest absolute Gasteiger partial charge is 0.340 e. The predicted octanol–water partition coefficient (Wildman–Crippen LogP) is 2.94. The summed E-state index contributed by atoms with van der Waals surface area (Å²) in [6.07, 6.45) is 0. The Morgan fingerprint density at radius 1 is 1.16 bits per heavy atom. The summed E-state index contributed by atoms with van der Waals surface area (Å²) in [6.45, 7) is 6.24. The highest BCUT2D eigenvalue weighted by Gasteiger charge is 2.03. The smallest absolute Gasteiger partial charge is 0.239 e. The van der Waals surface area contributed by atoms with Crippen LogP contribution in [0.3, 0.4) is 0 Å². The highest BCUT2D eigenvalue weighted by molar-refractivity contribution is 5.58. The Morgan fingerprint density at radius 2 is 1.95 bits per heavy atom. The monoisotopic (exact) mass is 257 g/mol. The third-order valence-electron chi connectivity index (χ3n) is 2.81. The van der Waals surface area contributed by atoms with Crippen LogP contribution in [0.4, 0.5) is 17.5 Å². The van der Waals surface area contributed by atoms with Gasteiger partial charge in [0.2, 0.25) is 5.95 Å². The molecule has 5 nitrogen and oxygen atoms in total. The third-order valence-corrected chi connectivity index (χ3v) is 2.81. The third kappa shape index (κ3) is 3.42. The van der Waals surface area contributed by atoms with Crippen molar-refractivity contribution in [3.63, 3.8) is 0 Å². The van der Waals surface area contributed by atoms with Gasteiger partial charge in [-0.25, -0.2) is 10.8 Å². The summed E-state index contributed by atoms with van der Waals surface area (Å²) in [6, 6.07) is 10.2. The van der Waals surface area contributed by atoms with Crippen LogP contribution in [0.2, 0.25) is 0 Å². The minimum Gasteiger partial charge on any atom is -0.340 e. The maximum atomic E-state index is 5.34. The van der Waals surface area contributed by atoms with E-state index in [1.54, 1.807) is 0 Å². The lowest BCUT2D eigenvalue weighted by Crippen LogP contribution is -2.11. The van der Waals surface area contributed by atoms with Crippen LogP contribution in [0.15, 0.2) is 30.3 Å². The number of anilines is 3. The van der Waals surface area contributed by atoms with E-state index in [0.717, 1.165) is 17.2 Å². The van der Waals surface area contributed by atoms with Crippen LogP contribution in [0, 0.1) is 6.92 Å². The second-order valence-electron chi connectivity index (χ2n) is 4.77. The number of benzene rings is 1. The molecule has 100 valence electrons. The van der Waals surface area contributed by atoms with Crippen molar-refractivity contribution >= 4 is 17.5 Å². The molecule has 0 radical (unpaired) electrons. The molecule has 0 fully saturated rings. The summed E-state index contributed by atoms with van der Waals surface area (Å²) in [7, 11) is 0. The van der Waals surface area contributed by atoms with Crippen LogP contribution in [-0.4, -0.2) is 9.97 Å². The first-order valence-electron chi connectivity index (χ1n) is 6.28. The van der Waals surface area contributed by atoms with Crippen LogP contribution in [0.1, 0.15) is 31.0 Å². The van der Waals surface area contributed by atoms with Crippen molar-refractivity contribution in [2.45, 2.75) is 26.7 Å². The number of aromatic nitrogens is 2. The lowest BCUT2D eigenvalue weighted by Gasteiger charge is -2.11. The summed E-state index contributed by atoms with van der Waals surface area (Å²) in [4.78, 5) is 8.42. The molecule has 0 aliphatic rings.